The molecule has 1 aromatic rings. The maximum atomic E-state index is 12.5. The number of urea groups is 1. The molecule has 1 aromatic carbocycles. The van der Waals surface area contributed by atoms with Gasteiger partial charge in [0.2, 0.25) is 5.91 Å². The van der Waals surface area contributed by atoms with E-state index in [2.05, 4.69) is 20.7 Å². The number of hydrogen-bond acceptors (Lipinski definition) is 6. The highest BCUT2D eigenvalue weighted by Crippen LogP contribution is 2.28. The summed E-state index contributed by atoms with van der Waals surface area (Å²) in [5, 5.41) is 11.3. The monoisotopic (exact) mass is 368 g/mol. The van der Waals surface area contributed by atoms with Crippen LogP contribution in [-0.2, 0) is 9.59 Å². The number of hydrazone groups is 1. The van der Waals surface area contributed by atoms with Crippen LogP contribution in [0, 0.1) is 11.8 Å². The maximum Gasteiger partial charge on any atom is 0.325 e. The largest absolute Gasteiger partial charge is 0.326 e. The predicted molar refractivity (Wildman–Crippen MR) is 99.1 cm³/mol. The van der Waals surface area contributed by atoms with Gasteiger partial charge in [-0.15, -0.1) is 0 Å². The van der Waals surface area contributed by atoms with Gasteiger partial charge in [-0.2, -0.15) is 5.10 Å². The Morgan fingerprint density at radius 2 is 1.89 bits per heavy atom. The Bertz CT molecular complexity index is 850. The number of rotatable bonds is 4. The Morgan fingerprint density at radius 3 is 2.56 bits per heavy atom. The molecule has 0 bridgehead atoms. The first-order valence-electron chi connectivity index (χ1n) is 8.83. The quantitative estimate of drug-likeness (QED) is 0.757. The molecule has 0 saturated carbocycles. The number of hydrogen-bond donors (Lipinski definition) is 2. The van der Waals surface area contributed by atoms with Gasteiger partial charge >= 0.3 is 6.03 Å². The van der Waals surface area contributed by atoms with Crippen molar-refractivity contribution in [3.63, 3.8) is 0 Å². The molecule has 0 unspecified atom stereocenters. The summed E-state index contributed by atoms with van der Waals surface area (Å²) < 4.78 is 0. The van der Waals surface area contributed by atoms with Crippen molar-refractivity contribution in [3.8, 4) is 0 Å². The Labute approximate surface area is 156 Å². The topological polar surface area (TPSA) is 106 Å². The normalized spacial score (nSPS) is 27.0. The summed E-state index contributed by atoms with van der Waals surface area (Å²) in [4.78, 5) is 42.7. The molecule has 0 aromatic heterocycles. The molecule has 2 N–H and O–H groups in total. The van der Waals surface area contributed by atoms with E-state index < -0.39 is 24.2 Å². The average Bonchev–Trinajstić information content (AvgIpc) is 3.19. The number of amidine groups is 1. The van der Waals surface area contributed by atoms with Gasteiger partial charge in [0.15, 0.2) is 6.17 Å². The number of anilines is 1. The molecule has 1 saturated heterocycles. The molecular weight excluding hydrogens is 348 g/mol. The molecule has 4 rings (SSSR count). The number of aliphatic imine (C=N–C) groups is 1. The van der Waals surface area contributed by atoms with E-state index in [1.807, 2.05) is 44.2 Å². The number of para-hydroxylation sites is 1. The van der Waals surface area contributed by atoms with Crippen molar-refractivity contribution in [3.05, 3.63) is 30.3 Å². The molecule has 9 nitrogen and oxygen atoms in total. The highest BCUT2D eigenvalue weighted by atomic mass is 16.2. The van der Waals surface area contributed by atoms with Crippen LogP contribution in [0.2, 0.25) is 0 Å². The molecule has 4 amide bonds. The lowest BCUT2D eigenvalue weighted by molar-refractivity contribution is -0.128. The van der Waals surface area contributed by atoms with E-state index in [0.717, 1.165) is 10.6 Å². The lowest BCUT2D eigenvalue weighted by Crippen LogP contribution is -2.52. The number of carbonyl (C=O) groups is 3. The van der Waals surface area contributed by atoms with Crippen LogP contribution in [0.1, 0.15) is 13.8 Å². The first-order chi connectivity index (χ1) is 13.0. The van der Waals surface area contributed by atoms with Crippen molar-refractivity contribution < 1.29 is 14.4 Å². The van der Waals surface area contributed by atoms with Gasteiger partial charge in [0, 0.05) is 6.21 Å². The molecule has 3 aliphatic heterocycles. The standard InChI is InChI=1S/C18H20N6O3/c1-10(2)14-17(26)23(18(27)22-14)9-13-20-15-12(16(25)21-13)8-19-24(15)11-6-4-3-5-7-11/h3-8,10,12,14-15H,9H2,1-2H3,(H,22,27)(H,20,21,25)/t12-,14-,15+/m0/s1. The zero-order valence-electron chi connectivity index (χ0n) is 15.0. The molecule has 27 heavy (non-hydrogen) atoms. The minimum absolute atomic E-state index is 0.0180. The highest BCUT2D eigenvalue weighted by Gasteiger charge is 2.43. The van der Waals surface area contributed by atoms with E-state index in [9.17, 15) is 14.4 Å². The van der Waals surface area contributed by atoms with E-state index in [4.69, 9.17) is 0 Å². The van der Waals surface area contributed by atoms with Crippen molar-refractivity contribution in [2.75, 3.05) is 11.6 Å². The molecule has 1 fully saturated rings. The second-order valence-corrected chi connectivity index (χ2v) is 7.04. The molecule has 0 aliphatic carbocycles. The summed E-state index contributed by atoms with van der Waals surface area (Å²) in [6.45, 7) is 3.65. The lowest BCUT2D eigenvalue weighted by atomic mass is 10.0. The van der Waals surface area contributed by atoms with Crippen LogP contribution in [0.3, 0.4) is 0 Å². The smallest absolute Gasteiger partial charge is 0.325 e. The van der Waals surface area contributed by atoms with Gasteiger partial charge in [-0.1, -0.05) is 32.0 Å². The first kappa shape index (κ1) is 17.2. The molecule has 0 spiro atoms. The number of imide groups is 1. The summed E-state index contributed by atoms with van der Waals surface area (Å²) in [7, 11) is 0. The fourth-order valence-electron chi connectivity index (χ4n) is 3.37. The third-order valence-electron chi connectivity index (χ3n) is 4.83. The number of nitrogens with zero attached hydrogens (tertiary/aromatic N) is 4. The van der Waals surface area contributed by atoms with Crippen LogP contribution < -0.4 is 15.6 Å². The minimum atomic E-state index is -0.555. The number of amides is 4. The fourth-order valence-corrected chi connectivity index (χ4v) is 3.37. The van der Waals surface area contributed by atoms with Crippen LogP contribution in [0.4, 0.5) is 10.5 Å². The summed E-state index contributed by atoms with van der Waals surface area (Å²) in [6.07, 6.45) is 1.04. The third-order valence-corrected chi connectivity index (χ3v) is 4.83. The van der Waals surface area contributed by atoms with Gasteiger partial charge in [-0.25, -0.2) is 14.8 Å². The molecule has 3 aliphatic rings. The number of benzene rings is 1. The van der Waals surface area contributed by atoms with Crippen molar-refractivity contribution in [1.29, 1.82) is 0 Å². The van der Waals surface area contributed by atoms with Crippen LogP contribution >= 0.6 is 0 Å². The van der Waals surface area contributed by atoms with Crippen molar-refractivity contribution in [2.24, 2.45) is 21.9 Å². The molecule has 3 heterocycles. The van der Waals surface area contributed by atoms with Crippen LogP contribution in [-0.4, -0.2) is 53.5 Å². The van der Waals surface area contributed by atoms with E-state index in [-0.39, 0.29) is 30.1 Å². The number of nitrogens with one attached hydrogen (secondary N) is 2. The second kappa shape index (κ2) is 6.49. The van der Waals surface area contributed by atoms with Gasteiger partial charge in [0.25, 0.3) is 5.91 Å². The highest BCUT2D eigenvalue weighted by molar-refractivity contribution is 6.12. The Kier molecular flexibility index (Phi) is 4.14. The molecule has 9 heteroatoms. The number of carbonyl (C=O) groups excluding carboxylic acids is 3. The SMILES string of the molecule is CC(C)[C@@H]1NC(=O)N(CC2=N[C@H]3[C@H](C=NN3c3ccccc3)C(=O)N2)C1=O. The Balaban J connectivity index is 1.57. The van der Waals surface area contributed by atoms with Crippen molar-refractivity contribution in [1.82, 2.24) is 15.5 Å². The summed E-state index contributed by atoms with van der Waals surface area (Å²) >= 11 is 0. The van der Waals surface area contributed by atoms with Gasteiger partial charge < -0.3 is 10.6 Å². The molecule has 3 atom stereocenters. The molecule has 0 radical (unpaired) electrons. The maximum absolute atomic E-state index is 12.5. The second-order valence-electron chi connectivity index (χ2n) is 7.04. The van der Waals surface area contributed by atoms with E-state index in [1.54, 1.807) is 11.2 Å². The van der Waals surface area contributed by atoms with Crippen molar-refractivity contribution >= 4 is 35.6 Å². The van der Waals surface area contributed by atoms with Gasteiger partial charge in [-0.3, -0.25) is 14.5 Å². The van der Waals surface area contributed by atoms with Gasteiger partial charge in [0.05, 0.1) is 12.2 Å². The van der Waals surface area contributed by atoms with E-state index in [1.165, 1.54) is 0 Å². The summed E-state index contributed by atoms with van der Waals surface area (Å²) in [5.41, 5.74) is 0.814. The van der Waals surface area contributed by atoms with Crippen LogP contribution in [0.5, 0.6) is 0 Å². The molecule has 140 valence electrons. The van der Waals surface area contributed by atoms with Gasteiger partial charge in [0.1, 0.15) is 17.8 Å². The minimum Gasteiger partial charge on any atom is -0.326 e. The van der Waals surface area contributed by atoms with Gasteiger partial charge in [-0.05, 0) is 18.1 Å². The predicted octanol–water partition coefficient (Wildman–Crippen LogP) is 0.539. The summed E-state index contributed by atoms with van der Waals surface area (Å²) in [5.74, 6) is -0.812. The zero-order chi connectivity index (χ0) is 19.1. The number of fused-ring (bicyclic) bond motifs is 1. The zero-order valence-corrected chi connectivity index (χ0v) is 15.0. The third kappa shape index (κ3) is 2.94. The summed E-state index contributed by atoms with van der Waals surface area (Å²) in [6, 6.07) is 8.39. The van der Waals surface area contributed by atoms with Crippen LogP contribution in [0.25, 0.3) is 0 Å². The first-order valence-corrected chi connectivity index (χ1v) is 8.83. The van der Waals surface area contributed by atoms with Crippen molar-refractivity contribution in [2.45, 2.75) is 26.1 Å². The molecular formula is C18H20N6O3. The van der Waals surface area contributed by atoms with E-state index in [0.29, 0.717) is 0 Å². The van der Waals surface area contributed by atoms with Crippen LogP contribution in [0.15, 0.2) is 40.4 Å². The Hall–Kier alpha value is -3.23. The van der Waals surface area contributed by atoms with E-state index >= 15 is 0 Å². The average molecular weight is 368 g/mol. The lowest BCUT2D eigenvalue weighted by Gasteiger charge is -2.29. The fraction of sp³-hybridized carbons (Fsp3) is 0.389. The Morgan fingerprint density at radius 1 is 1.15 bits per heavy atom.